The van der Waals surface area contributed by atoms with Crippen LogP contribution in [0.3, 0.4) is 0 Å². The maximum absolute atomic E-state index is 11.9. The van der Waals surface area contributed by atoms with Crippen molar-refractivity contribution in [2.75, 3.05) is 6.61 Å². The predicted molar refractivity (Wildman–Crippen MR) is 86.3 cm³/mol. The fraction of sp³-hybridized carbons (Fsp3) is 0.188. The normalized spacial score (nSPS) is 11.0. The van der Waals surface area contributed by atoms with E-state index in [1.165, 1.54) is 12.1 Å². The maximum Gasteiger partial charge on any atom is 0.272 e. The van der Waals surface area contributed by atoms with E-state index in [1.807, 2.05) is 30.8 Å². The third kappa shape index (κ3) is 4.80. The molecule has 2 aromatic carbocycles. The molecule has 0 radical (unpaired) electrons. The van der Waals surface area contributed by atoms with Crippen LogP contribution in [0.25, 0.3) is 0 Å². The standard InChI is InChI=1S/C16H18N2O4S/c1-12-8-9-15(13(2)10-12)22-11-16(19)17-18-23(20,21)14-6-4-3-5-7-14/h3-10,18H,11H2,1-2H3,(H,17,19). The fourth-order valence-electron chi connectivity index (χ4n) is 1.92. The molecule has 0 bridgehead atoms. The summed E-state index contributed by atoms with van der Waals surface area (Å²) in [4.78, 5) is 13.8. The minimum atomic E-state index is -3.79. The first kappa shape index (κ1) is 17.0. The van der Waals surface area contributed by atoms with E-state index in [2.05, 4.69) is 5.43 Å². The number of sulfonamides is 1. The minimum Gasteiger partial charge on any atom is -0.483 e. The van der Waals surface area contributed by atoms with Crippen molar-refractivity contribution in [3.63, 3.8) is 0 Å². The van der Waals surface area contributed by atoms with Gasteiger partial charge < -0.3 is 4.74 Å². The highest BCUT2D eigenvalue weighted by Gasteiger charge is 2.14. The second kappa shape index (κ2) is 7.26. The summed E-state index contributed by atoms with van der Waals surface area (Å²) in [6.45, 7) is 3.54. The number of rotatable bonds is 6. The summed E-state index contributed by atoms with van der Waals surface area (Å²) in [5, 5.41) is 0. The van der Waals surface area contributed by atoms with Crippen molar-refractivity contribution in [3.8, 4) is 5.75 Å². The van der Waals surface area contributed by atoms with Gasteiger partial charge in [-0.15, -0.1) is 4.83 Å². The Morgan fingerprint density at radius 1 is 1.09 bits per heavy atom. The lowest BCUT2D eigenvalue weighted by Crippen LogP contribution is -2.43. The van der Waals surface area contributed by atoms with Crippen LogP contribution in [0.5, 0.6) is 5.75 Å². The van der Waals surface area contributed by atoms with Crippen molar-refractivity contribution < 1.29 is 17.9 Å². The number of ether oxygens (including phenoxy) is 1. The highest BCUT2D eigenvalue weighted by molar-refractivity contribution is 7.89. The van der Waals surface area contributed by atoms with Gasteiger partial charge in [-0.3, -0.25) is 10.2 Å². The van der Waals surface area contributed by atoms with Crippen LogP contribution in [-0.4, -0.2) is 20.9 Å². The number of hydrogen-bond donors (Lipinski definition) is 2. The molecule has 0 spiro atoms. The first-order chi connectivity index (χ1) is 10.9. The van der Waals surface area contributed by atoms with Crippen molar-refractivity contribution in [1.29, 1.82) is 0 Å². The molecule has 0 atom stereocenters. The lowest BCUT2D eigenvalue weighted by atomic mass is 10.1. The number of nitrogens with one attached hydrogen (secondary N) is 2. The molecule has 0 saturated heterocycles. The number of carbonyl (C=O) groups is 1. The van der Waals surface area contributed by atoms with Gasteiger partial charge in [-0.05, 0) is 37.6 Å². The molecule has 23 heavy (non-hydrogen) atoms. The molecule has 2 aromatic rings. The Balaban J connectivity index is 1.88. The average molecular weight is 334 g/mol. The lowest BCUT2D eigenvalue weighted by molar-refractivity contribution is -0.123. The number of amides is 1. The zero-order valence-corrected chi connectivity index (χ0v) is 13.7. The van der Waals surface area contributed by atoms with Crippen LogP contribution in [0.15, 0.2) is 53.4 Å². The second-order valence-electron chi connectivity index (χ2n) is 5.02. The van der Waals surface area contributed by atoms with Gasteiger partial charge in [-0.1, -0.05) is 35.9 Å². The Morgan fingerprint density at radius 3 is 2.43 bits per heavy atom. The SMILES string of the molecule is Cc1ccc(OCC(=O)NNS(=O)(=O)c2ccccc2)c(C)c1. The monoisotopic (exact) mass is 334 g/mol. The minimum absolute atomic E-state index is 0.0654. The average Bonchev–Trinajstić information content (AvgIpc) is 2.53. The number of carbonyl (C=O) groups excluding carboxylic acids is 1. The number of hydrogen-bond acceptors (Lipinski definition) is 4. The van der Waals surface area contributed by atoms with Crippen LogP contribution in [0.1, 0.15) is 11.1 Å². The van der Waals surface area contributed by atoms with Crippen molar-refractivity contribution >= 4 is 15.9 Å². The van der Waals surface area contributed by atoms with E-state index < -0.39 is 15.9 Å². The number of aryl methyl sites for hydroxylation is 2. The summed E-state index contributed by atoms with van der Waals surface area (Å²) in [7, 11) is -3.79. The molecule has 0 heterocycles. The highest BCUT2D eigenvalue weighted by atomic mass is 32.2. The quantitative estimate of drug-likeness (QED) is 0.788. The second-order valence-corrected chi connectivity index (χ2v) is 6.71. The fourth-order valence-corrected chi connectivity index (χ4v) is 2.80. The van der Waals surface area contributed by atoms with E-state index in [0.29, 0.717) is 5.75 Å². The third-order valence-corrected chi connectivity index (χ3v) is 4.33. The maximum atomic E-state index is 11.9. The summed E-state index contributed by atoms with van der Waals surface area (Å²) >= 11 is 0. The molecule has 122 valence electrons. The van der Waals surface area contributed by atoms with Crippen molar-refractivity contribution in [2.24, 2.45) is 0 Å². The van der Waals surface area contributed by atoms with Gasteiger partial charge >= 0.3 is 0 Å². The molecule has 2 rings (SSSR count). The summed E-state index contributed by atoms with van der Waals surface area (Å²) in [6, 6.07) is 13.3. The predicted octanol–water partition coefficient (Wildman–Crippen LogP) is 1.69. The summed E-state index contributed by atoms with van der Waals surface area (Å²) < 4.78 is 29.2. The van der Waals surface area contributed by atoms with Gasteiger partial charge in [0.25, 0.3) is 15.9 Å². The Hall–Kier alpha value is -2.38. The van der Waals surface area contributed by atoms with E-state index in [0.717, 1.165) is 11.1 Å². The molecule has 0 saturated carbocycles. The van der Waals surface area contributed by atoms with Gasteiger partial charge in [0, 0.05) is 0 Å². The molecule has 0 aliphatic carbocycles. The van der Waals surface area contributed by atoms with Gasteiger partial charge in [-0.2, -0.15) is 0 Å². The highest BCUT2D eigenvalue weighted by Crippen LogP contribution is 2.18. The molecular weight excluding hydrogens is 316 g/mol. The summed E-state index contributed by atoms with van der Waals surface area (Å²) in [5.41, 5.74) is 4.12. The molecule has 1 amide bonds. The van der Waals surface area contributed by atoms with E-state index in [1.54, 1.807) is 24.3 Å². The molecule has 0 fully saturated rings. The van der Waals surface area contributed by atoms with Crippen molar-refractivity contribution in [3.05, 3.63) is 59.7 Å². The van der Waals surface area contributed by atoms with Crippen LogP contribution >= 0.6 is 0 Å². The third-order valence-electron chi connectivity index (χ3n) is 3.07. The van der Waals surface area contributed by atoms with Crippen molar-refractivity contribution in [1.82, 2.24) is 10.3 Å². The zero-order valence-electron chi connectivity index (χ0n) is 12.9. The zero-order chi connectivity index (χ0) is 16.9. The lowest BCUT2D eigenvalue weighted by Gasteiger charge is -2.11. The Labute approximate surface area is 135 Å². The van der Waals surface area contributed by atoms with Gasteiger partial charge in [-0.25, -0.2) is 8.42 Å². The smallest absolute Gasteiger partial charge is 0.272 e. The van der Waals surface area contributed by atoms with Gasteiger partial charge in [0.2, 0.25) is 0 Å². The van der Waals surface area contributed by atoms with Gasteiger partial charge in [0.1, 0.15) is 5.75 Å². The van der Waals surface area contributed by atoms with E-state index >= 15 is 0 Å². The first-order valence-electron chi connectivity index (χ1n) is 6.94. The topological polar surface area (TPSA) is 84.5 Å². The summed E-state index contributed by atoms with van der Waals surface area (Å²) in [6.07, 6.45) is 0. The number of benzene rings is 2. The van der Waals surface area contributed by atoms with E-state index in [4.69, 9.17) is 4.74 Å². The van der Waals surface area contributed by atoms with Crippen LogP contribution < -0.4 is 15.0 Å². The van der Waals surface area contributed by atoms with E-state index in [9.17, 15) is 13.2 Å². The molecule has 0 aliphatic heterocycles. The Morgan fingerprint density at radius 2 is 1.78 bits per heavy atom. The summed E-state index contributed by atoms with van der Waals surface area (Å²) in [5.74, 6) is -0.0128. The molecule has 0 unspecified atom stereocenters. The molecule has 0 aromatic heterocycles. The number of hydrazine groups is 1. The van der Waals surface area contributed by atoms with Crippen LogP contribution in [0.4, 0.5) is 0 Å². The van der Waals surface area contributed by atoms with Crippen LogP contribution in [0.2, 0.25) is 0 Å². The molecule has 0 aliphatic rings. The largest absolute Gasteiger partial charge is 0.483 e. The van der Waals surface area contributed by atoms with E-state index in [-0.39, 0.29) is 11.5 Å². The molecule has 6 nitrogen and oxygen atoms in total. The van der Waals surface area contributed by atoms with Crippen LogP contribution in [-0.2, 0) is 14.8 Å². The first-order valence-corrected chi connectivity index (χ1v) is 8.42. The van der Waals surface area contributed by atoms with Crippen molar-refractivity contribution in [2.45, 2.75) is 18.7 Å². The Bertz CT molecular complexity index is 789. The van der Waals surface area contributed by atoms with Gasteiger partial charge in [0.05, 0.1) is 4.90 Å². The Kier molecular flexibility index (Phi) is 5.36. The molecular formula is C16H18N2O4S. The van der Waals surface area contributed by atoms with Gasteiger partial charge in [0.15, 0.2) is 6.61 Å². The molecule has 2 N–H and O–H groups in total. The molecule has 7 heteroatoms. The van der Waals surface area contributed by atoms with Crippen LogP contribution in [0, 0.1) is 13.8 Å².